The summed E-state index contributed by atoms with van der Waals surface area (Å²) in [5.74, 6) is -0.623. The number of alkyl halides is 3. The Bertz CT molecular complexity index is 508. The molecule has 2 heterocycles. The predicted octanol–water partition coefficient (Wildman–Crippen LogP) is 1.15. The van der Waals surface area contributed by atoms with Crippen LogP contribution in [0.3, 0.4) is 0 Å². The lowest BCUT2D eigenvalue weighted by Gasteiger charge is -2.30. The first-order valence-electron chi connectivity index (χ1n) is 6.00. The topological polar surface area (TPSA) is 46.0 Å². The van der Waals surface area contributed by atoms with Gasteiger partial charge in [0.25, 0.3) is 0 Å². The molecule has 1 saturated carbocycles. The van der Waals surface area contributed by atoms with Crippen LogP contribution in [0.1, 0.15) is 24.5 Å². The Morgan fingerprint density at radius 2 is 2.00 bits per heavy atom. The lowest BCUT2D eigenvalue weighted by atomic mass is 10.3. The number of aromatic nitrogens is 3. The Hall–Kier alpha value is -1.38. The summed E-state index contributed by atoms with van der Waals surface area (Å²) in [6.45, 7) is 0.901. The smallest absolute Gasteiger partial charge is 0.360 e. The van der Waals surface area contributed by atoms with Crippen LogP contribution in [-0.2, 0) is 19.3 Å². The molecule has 1 aliphatic carbocycles. The highest BCUT2D eigenvalue weighted by Gasteiger charge is 2.39. The van der Waals surface area contributed by atoms with Gasteiger partial charge in [-0.2, -0.15) is 13.2 Å². The van der Waals surface area contributed by atoms with E-state index in [4.69, 9.17) is 12.2 Å². The molecule has 0 atom stereocenters. The summed E-state index contributed by atoms with van der Waals surface area (Å²) in [7, 11) is 0. The summed E-state index contributed by atoms with van der Waals surface area (Å²) >= 11 is 5.23. The van der Waals surface area contributed by atoms with Crippen molar-refractivity contribution in [1.29, 1.82) is 0 Å². The third-order valence-electron chi connectivity index (χ3n) is 3.20. The Kier molecular flexibility index (Phi) is 2.88. The van der Waals surface area contributed by atoms with Crippen LogP contribution in [0.15, 0.2) is 0 Å². The highest BCUT2D eigenvalue weighted by molar-refractivity contribution is 7.80. The van der Waals surface area contributed by atoms with Crippen molar-refractivity contribution in [2.75, 3.05) is 6.54 Å². The van der Waals surface area contributed by atoms with Crippen molar-refractivity contribution in [3.8, 4) is 0 Å². The first-order valence-corrected chi connectivity index (χ1v) is 6.40. The maximum atomic E-state index is 12.7. The summed E-state index contributed by atoms with van der Waals surface area (Å²) in [6.07, 6.45) is -2.26. The molecule has 5 nitrogen and oxygen atoms in total. The zero-order valence-electron chi connectivity index (χ0n) is 9.94. The second kappa shape index (κ2) is 4.32. The standard InChI is InChI=1S/C10H12F3N5S/c11-10(12,13)8-16-15-7-5-17(3-4-18(7)8)9(19)14-6-1-2-6/h6H,1-5H2,(H,14,19). The van der Waals surface area contributed by atoms with Crippen LogP contribution >= 0.6 is 12.2 Å². The number of rotatable bonds is 1. The molecule has 1 fully saturated rings. The fraction of sp³-hybridized carbons (Fsp3) is 0.700. The van der Waals surface area contributed by atoms with E-state index >= 15 is 0 Å². The van der Waals surface area contributed by atoms with Gasteiger partial charge >= 0.3 is 6.18 Å². The van der Waals surface area contributed by atoms with E-state index in [1.54, 1.807) is 0 Å². The lowest BCUT2D eigenvalue weighted by molar-refractivity contribution is -0.147. The van der Waals surface area contributed by atoms with Gasteiger partial charge in [-0.3, -0.25) is 0 Å². The fourth-order valence-corrected chi connectivity index (χ4v) is 2.36. The molecular formula is C10H12F3N5S. The van der Waals surface area contributed by atoms with Gasteiger partial charge in [0.1, 0.15) is 0 Å². The molecule has 3 rings (SSSR count). The fourth-order valence-electron chi connectivity index (χ4n) is 2.03. The molecule has 0 radical (unpaired) electrons. The molecule has 1 N–H and O–H groups in total. The molecule has 0 unspecified atom stereocenters. The molecule has 1 aromatic rings. The van der Waals surface area contributed by atoms with Crippen molar-refractivity contribution < 1.29 is 13.2 Å². The second-order valence-corrected chi connectivity index (χ2v) is 5.12. The number of hydrogen-bond acceptors (Lipinski definition) is 3. The van der Waals surface area contributed by atoms with E-state index in [9.17, 15) is 13.2 Å². The van der Waals surface area contributed by atoms with Crippen molar-refractivity contribution in [1.82, 2.24) is 25.0 Å². The first-order chi connectivity index (χ1) is 8.95. The normalized spacial score (nSPS) is 19.2. The number of nitrogens with one attached hydrogen (secondary N) is 1. The number of hydrogen-bond donors (Lipinski definition) is 1. The van der Waals surface area contributed by atoms with E-state index < -0.39 is 12.0 Å². The van der Waals surface area contributed by atoms with Gasteiger partial charge in [0.15, 0.2) is 10.9 Å². The van der Waals surface area contributed by atoms with Crippen LogP contribution < -0.4 is 5.32 Å². The summed E-state index contributed by atoms with van der Waals surface area (Å²) in [4.78, 5) is 1.83. The van der Waals surface area contributed by atoms with E-state index in [0.29, 0.717) is 23.5 Å². The average Bonchev–Trinajstić information content (AvgIpc) is 3.04. The molecule has 0 amide bonds. The number of fused-ring (bicyclic) bond motifs is 1. The summed E-state index contributed by atoms with van der Waals surface area (Å²) < 4.78 is 39.1. The number of halogens is 3. The summed E-state index contributed by atoms with van der Waals surface area (Å²) in [6, 6.07) is 0.429. The molecule has 0 spiro atoms. The maximum Gasteiger partial charge on any atom is 0.451 e. The summed E-state index contributed by atoms with van der Waals surface area (Å²) in [5, 5.41) is 10.6. The van der Waals surface area contributed by atoms with Gasteiger partial charge < -0.3 is 14.8 Å². The van der Waals surface area contributed by atoms with Crippen LogP contribution in [0.25, 0.3) is 0 Å². The van der Waals surface area contributed by atoms with Gasteiger partial charge in [-0.1, -0.05) is 0 Å². The van der Waals surface area contributed by atoms with E-state index in [0.717, 1.165) is 17.4 Å². The molecule has 1 aliphatic heterocycles. The van der Waals surface area contributed by atoms with Crippen molar-refractivity contribution in [3.05, 3.63) is 11.6 Å². The molecule has 0 saturated heterocycles. The van der Waals surface area contributed by atoms with E-state index in [1.165, 1.54) is 0 Å². The SMILES string of the molecule is FC(F)(F)c1nnc2n1CCN(C(=S)NC1CC1)C2. The highest BCUT2D eigenvalue weighted by atomic mass is 32.1. The van der Waals surface area contributed by atoms with Crippen molar-refractivity contribution in [2.24, 2.45) is 0 Å². The Balaban J connectivity index is 1.74. The average molecular weight is 291 g/mol. The number of thiocarbonyl (C=S) groups is 1. The molecule has 1 aromatic heterocycles. The Morgan fingerprint density at radius 3 is 2.63 bits per heavy atom. The third-order valence-corrected chi connectivity index (χ3v) is 3.57. The minimum absolute atomic E-state index is 0.198. The molecule has 104 valence electrons. The lowest BCUT2D eigenvalue weighted by Crippen LogP contribution is -2.45. The third kappa shape index (κ3) is 2.51. The largest absolute Gasteiger partial charge is 0.451 e. The Morgan fingerprint density at radius 1 is 1.26 bits per heavy atom. The van der Waals surface area contributed by atoms with Gasteiger partial charge in [-0.25, -0.2) is 0 Å². The van der Waals surface area contributed by atoms with Crippen molar-refractivity contribution in [3.63, 3.8) is 0 Å². The van der Waals surface area contributed by atoms with Gasteiger partial charge in [-0.05, 0) is 25.1 Å². The maximum absolute atomic E-state index is 12.7. The minimum Gasteiger partial charge on any atom is -0.360 e. The molecular weight excluding hydrogens is 279 g/mol. The van der Waals surface area contributed by atoms with Crippen LogP contribution in [0, 0.1) is 0 Å². The van der Waals surface area contributed by atoms with E-state index in [-0.39, 0.29) is 13.1 Å². The van der Waals surface area contributed by atoms with Crippen LogP contribution in [0.4, 0.5) is 13.2 Å². The zero-order chi connectivity index (χ0) is 13.6. The predicted molar refractivity (Wildman–Crippen MR) is 64.2 cm³/mol. The van der Waals surface area contributed by atoms with Crippen molar-refractivity contribution >= 4 is 17.3 Å². The molecule has 0 aromatic carbocycles. The first kappa shape index (κ1) is 12.6. The van der Waals surface area contributed by atoms with Crippen molar-refractivity contribution in [2.45, 2.75) is 38.1 Å². The van der Waals surface area contributed by atoms with E-state index in [1.807, 2.05) is 4.90 Å². The highest BCUT2D eigenvalue weighted by Crippen LogP contribution is 2.29. The van der Waals surface area contributed by atoms with E-state index in [2.05, 4.69) is 15.5 Å². The van der Waals surface area contributed by atoms with Gasteiger partial charge in [0.05, 0.1) is 6.54 Å². The number of nitrogens with zero attached hydrogens (tertiary/aromatic N) is 4. The monoisotopic (exact) mass is 291 g/mol. The summed E-state index contributed by atoms with van der Waals surface area (Å²) in [5.41, 5.74) is 0. The van der Waals surface area contributed by atoms with Crippen LogP contribution in [0.2, 0.25) is 0 Å². The van der Waals surface area contributed by atoms with Crippen LogP contribution in [-0.4, -0.2) is 37.4 Å². The van der Waals surface area contributed by atoms with Crippen LogP contribution in [0.5, 0.6) is 0 Å². The zero-order valence-corrected chi connectivity index (χ0v) is 10.8. The quantitative estimate of drug-likeness (QED) is 0.787. The molecule has 19 heavy (non-hydrogen) atoms. The molecule has 0 bridgehead atoms. The minimum atomic E-state index is -4.46. The molecule has 2 aliphatic rings. The van der Waals surface area contributed by atoms with Gasteiger partial charge in [0.2, 0.25) is 5.82 Å². The van der Waals surface area contributed by atoms with Gasteiger partial charge in [-0.15, -0.1) is 10.2 Å². The Labute approximate surface area is 112 Å². The second-order valence-electron chi connectivity index (χ2n) is 4.73. The van der Waals surface area contributed by atoms with Gasteiger partial charge in [0, 0.05) is 19.1 Å². The molecule has 9 heteroatoms.